The number of thioether (sulfide) groups is 1. The maximum Gasteiger partial charge on any atom is 0.209 e. The van der Waals surface area contributed by atoms with Crippen LogP contribution in [-0.2, 0) is 15.0 Å². The van der Waals surface area contributed by atoms with Crippen LogP contribution in [0.3, 0.4) is 0 Å². The molecule has 0 aliphatic carbocycles. The van der Waals surface area contributed by atoms with Gasteiger partial charge in [0.2, 0.25) is 5.16 Å². The zero-order valence-electron chi connectivity index (χ0n) is 12.5. The summed E-state index contributed by atoms with van der Waals surface area (Å²) in [5.74, 6) is 0.850. The summed E-state index contributed by atoms with van der Waals surface area (Å²) in [6.07, 6.45) is 3.84. The minimum Gasteiger partial charge on any atom is -0.378 e. The van der Waals surface area contributed by atoms with Crippen LogP contribution >= 0.6 is 11.8 Å². The van der Waals surface area contributed by atoms with Crippen LogP contribution in [-0.4, -0.2) is 51.9 Å². The molecule has 0 bridgehead atoms. The molecule has 2 rings (SSSR count). The summed E-state index contributed by atoms with van der Waals surface area (Å²) in [7, 11) is 0. The molecule has 2 heterocycles. The van der Waals surface area contributed by atoms with Crippen molar-refractivity contribution in [2.45, 2.75) is 56.8 Å². The number of hydrogen-bond acceptors (Lipinski definition) is 6. The van der Waals surface area contributed by atoms with Crippen molar-refractivity contribution in [3.63, 3.8) is 0 Å². The van der Waals surface area contributed by atoms with E-state index in [9.17, 15) is 0 Å². The van der Waals surface area contributed by atoms with E-state index in [0.29, 0.717) is 13.2 Å². The van der Waals surface area contributed by atoms with Gasteiger partial charge in [0.05, 0.1) is 24.9 Å². The largest absolute Gasteiger partial charge is 0.378 e. The van der Waals surface area contributed by atoms with Crippen LogP contribution in [0.25, 0.3) is 0 Å². The lowest BCUT2D eigenvalue weighted by molar-refractivity contribution is -0.0376. The quantitative estimate of drug-likeness (QED) is 0.592. The summed E-state index contributed by atoms with van der Waals surface area (Å²) in [5.41, 5.74) is -0.0946. The highest BCUT2D eigenvalue weighted by molar-refractivity contribution is 7.99. The third-order valence-electron chi connectivity index (χ3n) is 3.11. The van der Waals surface area contributed by atoms with Crippen molar-refractivity contribution in [3.8, 4) is 0 Å². The molecule has 1 aliphatic heterocycles. The molecular weight excluding hydrogens is 276 g/mol. The van der Waals surface area contributed by atoms with Crippen LogP contribution in [0, 0.1) is 0 Å². The molecule has 1 aliphatic rings. The normalized spacial score (nSPS) is 20.2. The molecule has 7 heteroatoms. The third kappa shape index (κ3) is 4.71. The van der Waals surface area contributed by atoms with E-state index < -0.39 is 0 Å². The van der Waals surface area contributed by atoms with Gasteiger partial charge in [-0.05, 0) is 50.5 Å². The van der Waals surface area contributed by atoms with Gasteiger partial charge in [-0.15, -0.1) is 5.10 Å². The SMILES string of the molecule is CC(C)(C)n1nnnc1SCCOC[C@H]1CCCCO1. The Balaban J connectivity index is 1.65. The summed E-state index contributed by atoms with van der Waals surface area (Å²) in [4.78, 5) is 0. The molecule has 1 atom stereocenters. The molecule has 0 unspecified atom stereocenters. The highest BCUT2D eigenvalue weighted by Gasteiger charge is 2.19. The molecule has 0 saturated carbocycles. The number of hydrogen-bond donors (Lipinski definition) is 0. The molecule has 0 amide bonds. The first-order valence-corrected chi connectivity index (χ1v) is 8.17. The number of nitrogens with zero attached hydrogens (tertiary/aromatic N) is 4. The van der Waals surface area contributed by atoms with Gasteiger partial charge in [-0.25, -0.2) is 4.68 Å². The molecule has 1 fully saturated rings. The first-order chi connectivity index (χ1) is 9.57. The highest BCUT2D eigenvalue weighted by atomic mass is 32.2. The summed E-state index contributed by atoms with van der Waals surface area (Å²) < 4.78 is 13.1. The molecular formula is C13H24N4O2S. The van der Waals surface area contributed by atoms with Crippen molar-refractivity contribution in [3.05, 3.63) is 0 Å². The fraction of sp³-hybridized carbons (Fsp3) is 0.923. The van der Waals surface area contributed by atoms with Gasteiger partial charge in [0.1, 0.15) is 0 Å². The Labute approximate surface area is 124 Å². The Morgan fingerprint density at radius 3 is 2.95 bits per heavy atom. The Kier molecular flexibility index (Phi) is 5.80. The van der Waals surface area contributed by atoms with Gasteiger partial charge in [-0.3, -0.25) is 0 Å². The fourth-order valence-corrected chi connectivity index (χ4v) is 2.95. The molecule has 20 heavy (non-hydrogen) atoms. The molecule has 0 spiro atoms. The van der Waals surface area contributed by atoms with E-state index in [1.807, 2.05) is 4.68 Å². The molecule has 114 valence electrons. The van der Waals surface area contributed by atoms with E-state index in [2.05, 4.69) is 36.3 Å². The second-order valence-corrected chi connectivity index (χ2v) is 7.02. The Morgan fingerprint density at radius 1 is 1.40 bits per heavy atom. The van der Waals surface area contributed by atoms with Crippen LogP contribution in [0.5, 0.6) is 0 Å². The van der Waals surface area contributed by atoms with Crippen LogP contribution in [0.2, 0.25) is 0 Å². The molecule has 1 aromatic rings. The molecule has 0 N–H and O–H groups in total. The van der Waals surface area contributed by atoms with Gasteiger partial charge in [0.25, 0.3) is 0 Å². The number of tetrazole rings is 1. The van der Waals surface area contributed by atoms with Gasteiger partial charge in [-0.1, -0.05) is 11.8 Å². The molecule has 1 saturated heterocycles. The predicted molar refractivity (Wildman–Crippen MR) is 77.9 cm³/mol. The third-order valence-corrected chi connectivity index (χ3v) is 4.00. The maximum absolute atomic E-state index is 5.67. The van der Waals surface area contributed by atoms with E-state index >= 15 is 0 Å². The smallest absolute Gasteiger partial charge is 0.209 e. The lowest BCUT2D eigenvalue weighted by Crippen LogP contribution is -2.25. The van der Waals surface area contributed by atoms with Gasteiger partial charge < -0.3 is 9.47 Å². The van der Waals surface area contributed by atoms with Gasteiger partial charge >= 0.3 is 0 Å². The molecule has 6 nitrogen and oxygen atoms in total. The van der Waals surface area contributed by atoms with Gasteiger partial charge in [0.15, 0.2) is 0 Å². The first-order valence-electron chi connectivity index (χ1n) is 7.18. The predicted octanol–water partition coefficient (Wildman–Crippen LogP) is 2.11. The lowest BCUT2D eigenvalue weighted by atomic mass is 10.1. The minimum absolute atomic E-state index is 0.0946. The second kappa shape index (κ2) is 7.38. The van der Waals surface area contributed by atoms with E-state index in [4.69, 9.17) is 9.47 Å². The first kappa shape index (κ1) is 15.7. The van der Waals surface area contributed by atoms with E-state index in [1.54, 1.807) is 11.8 Å². The average Bonchev–Trinajstić information content (AvgIpc) is 2.88. The minimum atomic E-state index is -0.0946. The van der Waals surface area contributed by atoms with Crippen molar-refractivity contribution in [1.82, 2.24) is 20.2 Å². The second-order valence-electron chi connectivity index (χ2n) is 5.96. The highest BCUT2D eigenvalue weighted by Crippen LogP contribution is 2.21. The van der Waals surface area contributed by atoms with Crippen molar-refractivity contribution >= 4 is 11.8 Å². The van der Waals surface area contributed by atoms with E-state index in [0.717, 1.165) is 23.9 Å². The van der Waals surface area contributed by atoms with Crippen molar-refractivity contribution in [1.29, 1.82) is 0 Å². The van der Waals surface area contributed by atoms with Crippen LogP contribution in [0.15, 0.2) is 5.16 Å². The molecule has 0 aromatic carbocycles. The maximum atomic E-state index is 5.67. The fourth-order valence-electron chi connectivity index (χ4n) is 2.04. The topological polar surface area (TPSA) is 62.1 Å². The van der Waals surface area contributed by atoms with E-state index in [-0.39, 0.29) is 11.6 Å². The summed E-state index contributed by atoms with van der Waals surface area (Å²) in [6.45, 7) is 8.54. The zero-order valence-corrected chi connectivity index (χ0v) is 13.4. The lowest BCUT2D eigenvalue weighted by Gasteiger charge is -2.22. The Hall–Kier alpha value is -0.660. The van der Waals surface area contributed by atoms with Crippen LogP contribution < -0.4 is 0 Å². The van der Waals surface area contributed by atoms with Gasteiger partial charge in [-0.2, -0.15) is 0 Å². The van der Waals surface area contributed by atoms with Crippen molar-refractivity contribution in [2.24, 2.45) is 0 Å². The van der Waals surface area contributed by atoms with E-state index in [1.165, 1.54) is 12.8 Å². The number of rotatable bonds is 6. The van der Waals surface area contributed by atoms with Crippen molar-refractivity contribution < 1.29 is 9.47 Å². The van der Waals surface area contributed by atoms with Gasteiger partial charge in [0, 0.05) is 12.4 Å². The molecule has 1 aromatic heterocycles. The monoisotopic (exact) mass is 300 g/mol. The summed E-state index contributed by atoms with van der Waals surface area (Å²) in [6, 6.07) is 0. The summed E-state index contributed by atoms with van der Waals surface area (Å²) in [5, 5.41) is 12.7. The number of ether oxygens (including phenoxy) is 2. The summed E-state index contributed by atoms with van der Waals surface area (Å²) >= 11 is 1.63. The standard InChI is InChI=1S/C13H24N4O2S/c1-13(2,3)17-12(14-15-16-17)20-9-8-18-10-11-6-4-5-7-19-11/h11H,4-10H2,1-3H3/t11-/m1/s1. The zero-order chi connectivity index (χ0) is 14.4. The molecule has 0 radical (unpaired) electrons. The number of aromatic nitrogens is 4. The van der Waals surface area contributed by atoms with Crippen molar-refractivity contribution in [2.75, 3.05) is 25.6 Å². The van der Waals surface area contributed by atoms with Crippen LogP contribution in [0.4, 0.5) is 0 Å². The van der Waals surface area contributed by atoms with Crippen LogP contribution in [0.1, 0.15) is 40.0 Å². The average molecular weight is 300 g/mol. The Morgan fingerprint density at radius 2 is 2.25 bits per heavy atom. The Bertz CT molecular complexity index is 399.